The van der Waals surface area contributed by atoms with E-state index in [-0.39, 0.29) is 18.2 Å². The number of rotatable bonds is 5. The number of fused-ring (bicyclic) bond motifs is 1. The predicted molar refractivity (Wildman–Crippen MR) is 129 cm³/mol. The fourth-order valence-corrected chi connectivity index (χ4v) is 4.19. The Labute approximate surface area is 211 Å². The van der Waals surface area contributed by atoms with E-state index in [2.05, 4.69) is 10.6 Å². The van der Waals surface area contributed by atoms with Crippen LogP contribution in [-0.2, 0) is 35.0 Å². The fourth-order valence-electron chi connectivity index (χ4n) is 3.87. The number of carbonyl (C=O) groups is 2. The van der Waals surface area contributed by atoms with Gasteiger partial charge in [0.25, 0.3) is 11.8 Å². The van der Waals surface area contributed by atoms with Crippen molar-refractivity contribution in [1.82, 2.24) is 10.6 Å². The zero-order valence-electron chi connectivity index (χ0n) is 18.9. The Kier molecular flexibility index (Phi) is 8.72. The highest BCUT2D eigenvalue weighted by atomic mass is 35.5. The van der Waals surface area contributed by atoms with E-state index in [4.69, 9.17) is 23.2 Å². The Balaban J connectivity index is 0.000000223. The Bertz CT molecular complexity index is 1150. The summed E-state index contributed by atoms with van der Waals surface area (Å²) in [5.74, 6) is -1.56. The zero-order chi connectivity index (χ0) is 25.8. The Morgan fingerprint density at radius 2 is 1.83 bits per heavy atom. The van der Waals surface area contributed by atoms with Crippen molar-refractivity contribution < 1.29 is 27.9 Å². The number of amides is 2. The molecule has 1 aliphatic carbocycles. The molecule has 35 heavy (non-hydrogen) atoms. The van der Waals surface area contributed by atoms with E-state index >= 15 is 0 Å². The Morgan fingerprint density at radius 1 is 1.11 bits per heavy atom. The smallest absolute Gasteiger partial charge is 0.416 e. The molecule has 0 radical (unpaired) electrons. The van der Waals surface area contributed by atoms with Crippen molar-refractivity contribution in [3.8, 4) is 0 Å². The first-order chi connectivity index (χ1) is 16.5. The maximum atomic E-state index is 12.3. The Hall–Kier alpha value is -2.71. The highest BCUT2D eigenvalue weighted by Crippen LogP contribution is 2.32. The van der Waals surface area contributed by atoms with E-state index < -0.39 is 29.3 Å². The maximum absolute atomic E-state index is 12.3. The van der Waals surface area contributed by atoms with Crippen LogP contribution in [0.5, 0.6) is 0 Å². The third-order valence-corrected chi connectivity index (χ3v) is 6.59. The summed E-state index contributed by atoms with van der Waals surface area (Å²) in [6.45, 7) is 1.91. The summed E-state index contributed by atoms with van der Waals surface area (Å²) in [7, 11) is 0. The number of halogens is 5. The number of carbonyl (C=O) groups excluding carboxylic acids is 2. The topological polar surface area (TPSA) is 78.4 Å². The number of nitrogens with one attached hydrogen (secondary N) is 2. The van der Waals surface area contributed by atoms with E-state index in [0.29, 0.717) is 16.5 Å². The number of alkyl halides is 3. The lowest BCUT2D eigenvalue weighted by Crippen LogP contribution is -2.35. The van der Waals surface area contributed by atoms with E-state index in [1.807, 2.05) is 13.0 Å². The largest absolute Gasteiger partial charge is 0.503 e. The third-order valence-electron chi connectivity index (χ3n) is 5.85. The van der Waals surface area contributed by atoms with Gasteiger partial charge in [-0.05, 0) is 80.0 Å². The highest BCUT2D eigenvalue weighted by molar-refractivity contribution is 6.42. The summed E-state index contributed by atoms with van der Waals surface area (Å²) in [4.78, 5) is 23.1. The van der Waals surface area contributed by atoms with E-state index in [1.165, 1.54) is 12.1 Å². The minimum Gasteiger partial charge on any atom is -0.503 e. The summed E-state index contributed by atoms with van der Waals surface area (Å²) in [6.07, 6.45) is -0.0827. The van der Waals surface area contributed by atoms with Gasteiger partial charge >= 0.3 is 6.18 Å². The Morgan fingerprint density at radius 3 is 2.46 bits per heavy atom. The molecule has 0 spiro atoms. The minimum absolute atomic E-state index is 0.0516. The molecule has 0 saturated carbocycles. The van der Waals surface area contributed by atoms with Crippen molar-refractivity contribution in [1.29, 1.82) is 0 Å². The average Bonchev–Trinajstić information content (AvgIpc) is 3.40. The first-order valence-corrected chi connectivity index (χ1v) is 11.9. The predicted octanol–water partition coefficient (Wildman–Crippen LogP) is 5.57. The van der Waals surface area contributed by atoms with Crippen molar-refractivity contribution in [3.05, 3.63) is 80.0 Å². The van der Waals surface area contributed by atoms with Crippen LogP contribution in [0.3, 0.4) is 0 Å². The van der Waals surface area contributed by atoms with Crippen LogP contribution in [0.4, 0.5) is 13.2 Å². The van der Waals surface area contributed by atoms with Gasteiger partial charge in [0.05, 0.1) is 27.7 Å². The molecule has 1 aliphatic heterocycles. The molecule has 5 nitrogen and oxygen atoms in total. The fraction of sp³-hybridized carbons (Fsp3) is 0.360. The van der Waals surface area contributed by atoms with E-state index in [9.17, 15) is 27.9 Å². The summed E-state index contributed by atoms with van der Waals surface area (Å²) >= 11 is 11.8. The number of aliphatic hydroxyl groups is 1. The van der Waals surface area contributed by atoms with Gasteiger partial charge in [-0.3, -0.25) is 9.59 Å². The molecular weight excluding hydrogens is 504 g/mol. The normalized spacial score (nSPS) is 15.8. The molecule has 2 aromatic carbocycles. The summed E-state index contributed by atoms with van der Waals surface area (Å²) in [5, 5.41) is 15.6. The van der Waals surface area contributed by atoms with E-state index in [1.54, 1.807) is 18.2 Å². The van der Waals surface area contributed by atoms with Gasteiger partial charge in [0.15, 0.2) is 5.76 Å². The number of benzene rings is 2. The lowest BCUT2D eigenvalue weighted by Gasteiger charge is -2.14. The van der Waals surface area contributed by atoms with Crippen LogP contribution < -0.4 is 10.6 Å². The summed E-state index contributed by atoms with van der Waals surface area (Å²) in [5.41, 5.74) is 2.53. The molecule has 0 bridgehead atoms. The minimum atomic E-state index is -4.20. The second-order valence-electron chi connectivity index (χ2n) is 8.51. The lowest BCUT2D eigenvalue weighted by molar-refractivity contribution is -0.137. The van der Waals surface area contributed by atoms with Crippen molar-refractivity contribution in [2.75, 3.05) is 6.54 Å². The highest BCUT2D eigenvalue weighted by Gasteiger charge is 2.31. The number of hydrogen-bond acceptors (Lipinski definition) is 3. The lowest BCUT2D eigenvalue weighted by atomic mass is 10.1. The number of aryl methyl sites for hydroxylation is 3. The van der Waals surface area contributed by atoms with Crippen LogP contribution >= 0.6 is 23.2 Å². The summed E-state index contributed by atoms with van der Waals surface area (Å²) in [6, 6.07) is 9.36. The van der Waals surface area contributed by atoms with Crippen LogP contribution in [0.1, 0.15) is 42.0 Å². The van der Waals surface area contributed by atoms with Crippen LogP contribution in [-0.4, -0.2) is 29.5 Å². The molecule has 10 heteroatoms. The number of aliphatic hydroxyl groups excluding tert-OH is 1. The first kappa shape index (κ1) is 26.9. The molecule has 0 saturated heterocycles. The van der Waals surface area contributed by atoms with Crippen molar-refractivity contribution in [3.63, 3.8) is 0 Å². The molecule has 2 aliphatic rings. The van der Waals surface area contributed by atoms with Crippen LogP contribution in [0.15, 0.2) is 47.7 Å². The van der Waals surface area contributed by atoms with Gasteiger partial charge in [-0.25, -0.2) is 0 Å². The van der Waals surface area contributed by atoms with E-state index in [0.717, 1.165) is 42.4 Å². The van der Waals surface area contributed by atoms with Gasteiger partial charge < -0.3 is 15.7 Å². The average molecular weight is 529 g/mol. The van der Waals surface area contributed by atoms with Crippen LogP contribution in [0, 0.1) is 0 Å². The molecule has 0 fully saturated rings. The molecule has 188 valence electrons. The van der Waals surface area contributed by atoms with Crippen molar-refractivity contribution in [2.45, 2.75) is 51.2 Å². The summed E-state index contributed by atoms with van der Waals surface area (Å²) < 4.78 is 36.8. The standard InChI is InChI=1S/C15H16Cl2N2O3.C10H9F3/c1-8(2-3-9-4-5-11(16)12(17)6-9)19-14(21)10-7-18-15(22)13(10)20;11-10(12,13)9-5-4-7-2-1-3-8(7)6-9/h4-6,8,20H,2-3,7H2,1H3,(H,18,22)(H,19,21);4-6H,1-3H2. The first-order valence-electron chi connectivity index (χ1n) is 11.1. The maximum Gasteiger partial charge on any atom is 0.416 e. The SMILES string of the molecule is CC(CCc1ccc(Cl)c(Cl)c1)NC(=O)C1=C(O)C(=O)NC1.FC(F)(F)c1ccc2c(c1)CCC2. The number of hydrogen-bond donors (Lipinski definition) is 3. The molecule has 4 rings (SSSR count). The van der Waals surface area contributed by atoms with Crippen LogP contribution in [0.25, 0.3) is 0 Å². The second kappa shape index (κ2) is 11.4. The van der Waals surface area contributed by atoms with Crippen molar-refractivity contribution >= 4 is 35.0 Å². The molecule has 2 aromatic rings. The van der Waals surface area contributed by atoms with Gasteiger partial charge in [-0.1, -0.05) is 35.3 Å². The molecule has 0 aromatic heterocycles. The zero-order valence-corrected chi connectivity index (χ0v) is 20.4. The van der Waals surface area contributed by atoms with Crippen LogP contribution in [0.2, 0.25) is 10.0 Å². The van der Waals surface area contributed by atoms with Gasteiger partial charge in [0, 0.05) is 6.04 Å². The molecule has 2 amide bonds. The van der Waals surface area contributed by atoms with Gasteiger partial charge in [-0.15, -0.1) is 0 Å². The monoisotopic (exact) mass is 528 g/mol. The van der Waals surface area contributed by atoms with Crippen molar-refractivity contribution in [2.24, 2.45) is 0 Å². The third kappa shape index (κ3) is 7.15. The van der Waals surface area contributed by atoms with Gasteiger partial charge in [0.1, 0.15) is 0 Å². The molecule has 3 N–H and O–H groups in total. The van der Waals surface area contributed by atoms with Gasteiger partial charge in [-0.2, -0.15) is 13.2 Å². The van der Waals surface area contributed by atoms with Gasteiger partial charge in [0.2, 0.25) is 0 Å². The second-order valence-corrected chi connectivity index (χ2v) is 9.32. The molecule has 1 unspecified atom stereocenters. The molecule has 1 atom stereocenters. The molecular formula is C25H25Cl2F3N2O3. The quantitative estimate of drug-likeness (QED) is 0.474. The molecule has 1 heterocycles.